The Morgan fingerprint density at radius 1 is 1.36 bits per heavy atom. The molecule has 0 aliphatic heterocycles. The normalized spacial score (nSPS) is 10.6. The van der Waals surface area contributed by atoms with Crippen LogP contribution in [-0.2, 0) is 10.5 Å². The Bertz CT molecular complexity index is 901. The van der Waals surface area contributed by atoms with Gasteiger partial charge in [-0.3, -0.25) is 9.69 Å². The molecule has 0 spiro atoms. The summed E-state index contributed by atoms with van der Waals surface area (Å²) >= 11 is 8.81. The number of carbonyl (C=O) groups is 1. The molecule has 2 heterocycles. The zero-order valence-electron chi connectivity index (χ0n) is 13.3. The third kappa shape index (κ3) is 4.31. The maximum atomic E-state index is 12.1. The molecule has 2 aromatic heterocycles. The number of nitrogens with zero attached hydrogens (tertiary/aromatic N) is 3. The average Bonchev–Trinajstić information content (AvgIpc) is 3.02. The van der Waals surface area contributed by atoms with Crippen molar-refractivity contribution in [1.82, 2.24) is 4.98 Å². The highest BCUT2D eigenvalue weighted by atomic mass is 35.5. The molecular weight excluding hydrogens is 378 g/mol. The van der Waals surface area contributed by atoms with Gasteiger partial charge in [0.15, 0.2) is 11.3 Å². The summed E-state index contributed by atoms with van der Waals surface area (Å²) in [6, 6.07) is 12.4. The van der Waals surface area contributed by atoms with Gasteiger partial charge in [-0.1, -0.05) is 17.7 Å². The number of hydrogen-bond donors (Lipinski definition) is 0. The van der Waals surface area contributed by atoms with E-state index in [-0.39, 0.29) is 5.91 Å². The molecule has 3 aromatic rings. The van der Waals surface area contributed by atoms with Crippen LogP contribution in [0.5, 0.6) is 0 Å². The highest BCUT2D eigenvalue weighted by molar-refractivity contribution is 7.98. The average molecular weight is 392 g/mol. The lowest BCUT2D eigenvalue weighted by Crippen LogP contribution is -2.27. The molecule has 128 valence electrons. The highest BCUT2D eigenvalue weighted by Gasteiger charge is 2.18. The topological polar surface area (TPSA) is 60.1 Å². The van der Waals surface area contributed by atoms with Gasteiger partial charge in [0.2, 0.25) is 5.91 Å². The highest BCUT2D eigenvalue weighted by Crippen LogP contribution is 2.31. The van der Waals surface area contributed by atoms with E-state index in [1.807, 2.05) is 17.5 Å². The first-order valence-corrected chi connectivity index (χ1v) is 9.60. The number of thioether (sulfide) groups is 1. The lowest BCUT2D eigenvalue weighted by Gasteiger charge is -2.18. The molecule has 1 aromatic carbocycles. The molecule has 0 saturated heterocycles. The minimum absolute atomic E-state index is 0.142. The van der Waals surface area contributed by atoms with Gasteiger partial charge >= 0.3 is 0 Å². The molecule has 1 amide bonds. The van der Waals surface area contributed by atoms with E-state index in [2.05, 4.69) is 4.98 Å². The summed E-state index contributed by atoms with van der Waals surface area (Å²) in [7, 11) is 0. The molecule has 0 aliphatic carbocycles. The van der Waals surface area contributed by atoms with Crippen LogP contribution in [0.3, 0.4) is 0 Å². The van der Waals surface area contributed by atoms with Crippen LogP contribution in [0.4, 0.5) is 10.8 Å². The first-order chi connectivity index (χ1) is 12.0. The Labute approximate surface area is 158 Å². The third-order valence-electron chi connectivity index (χ3n) is 3.27. The Hall–Kier alpha value is -2.09. The van der Waals surface area contributed by atoms with Crippen LogP contribution in [0.25, 0.3) is 0 Å². The van der Waals surface area contributed by atoms with Crippen molar-refractivity contribution in [2.45, 2.75) is 17.7 Å². The number of hydrogen-bond acceptors (Lipinski definition) is 5. The second kappa shape index (κ2) is 7.86. The second-order valence-corrected chi connectivity index (χ2v) is 7.38. The molecule has 5 nitrogen and oxygen atoms in total. The zero-order valence-corrected chi connectivity index (χ0v) is 15.6. The number of carbonyl (C=O) groups excluding carboxylic acids is 1. The Kier molecular flexibility index (Phi) is 5.57. The molecule has 0 aliphatic rings. The van der Waals surface area contributed by atoms with Gasteiger partial charge in [-0.05, 0) is 36.0 Å². The summed E-state index contributed by atoms with van der Waals surface area (Å²) in [5.74, 6) is 0.403. The lowest BCUT2D eigenvalue weighted by atomic mass is 10.3. The van der Waals surface area contributed by atoms with Gasteiger partial charge in [0.1, 0.15) is 0 Å². The quantitative estimate of drug-likeness (QED) is 0.367. The van der Waals surface area contributed by atoms with Crippen LogP contribution < -0.4 is 9.63 Å². The summed E-state index contributed by atoms with van der Waals surface area (Å²) in [5.41, 5.74) is 1.48. The third-order valence-corrected chi connectivity index (χ3v) is 5.43. The van der Waals surface area contributed by atoms with E-state index in [9.17, 15) is 10.0 Å². The van der Waals surface area contributed by atoms with Gasteiger partial charge in [-0.25, -0.2) is 4.98 Å². The van der Waals surface area contributed by atoms with E-state index in [4.69, 9.17) is 11.6 Å². The monoisotopic (exact) mass is 391 g/mol. The van der Waals surface area contributed by atoms with Crippen molar-refractivity contribution < 1.29 is 9.52 Å². The van der Waals surface area contributed by atoms with Crippen molar-refractivity contribution >= 4 is 51.4 Å². The summed E-state index contributed by atoms with van der Waals surface area (Å²) < 4.78 is 0.825. The fraction of sp³-hybridized carbons (Fsp3) is 0.118. The number of aromatic nitrogens is 2. The van der Waals surface area contributed by atoms with Gasteiger partial charge in [0.25, 0.3) is 5.03 Å². The molecule has 0 bridgehead atoms. The van der Waals surface area contributed by atoms with E-state index in [0.29, 0.717) is 26.6 Å². The lowest BCUT2D eigenvalue weighted by molar-refractivity contribution is -0.645. The van der Waals surface area contributed by atoms with Crippen LogP contribution in [0.2, 0.25) is 5.02 Å². The van der Waals surface area contributed by atoms with Crippen molar-refractivity contribution in [3.8, 4) is 0 Å². The molecular formula is C17H14ClN3O2S2. The first-order valence-electron chi connectivity index (χ1n) is 7.36. The summed E-state index contributed by atoms with van der Waals surface area (Å²) in [6.45, 7) is 1.49. The van der Waals surface area contributed by atoms with E-state index in [0.717, 1.165) is 10.4 Å². The molecule has 8 heteroatoms. The fourth-order valence-corrected chi connectivity index (χ4v) is 4.16. The summed E-state index contributed by atoms with van der Waals surface area (Å²) in [6.07, 6.45) is 1.46. The summed E-state index contributed by atoms with van der Waals surface area (Å²) in [5, 5.41) is 15.3. The van der Waals surface area contributed by atoms with Crippen molar-refractivity contribution in [2.75, 3.05) is 4.90 Å². The number of amides is 1. The summed E-state index contributed by atoms with van der Waals surface area (Å²) in [4.78, 5) is 18.1. The van der Waals surface area contributed by atoms with Gasteiger partial charge < -0.3 is 5.21 Å². The molecule has 0 unspecified atom stereocenters. The largest absolute Gasteiger partial charge is 0.618 e. The first kappa shape index (κ1) is 17.7. The Morgan fingerprint density at radius 3 is 2.92 bits per heavy atom. The number of rotatable bonds is 5. The van der Waals surface area contributed by atoms with Crippen LogP contribution in [0.15, 0.2) is 59.1 Å². The molecule has 0 fully saturated rings. The SMILES string of the molecule is CC(=O)N(c1cccc(Cl)c1)c1nc(CSc2cccc[n+]2[O-])cs1. The molecule has 0 N–H and O–H groups in total. The maximum Gasteiger partial charge on any atom is 0.251 e. The predicted octanol–water partition coefficient (Wildman–Crippen LogP) is 4.41. The number of thiazole rings is 1. The van der Waals surface area contributed by atoms with Crippen LogP contribution in [0.1, 0.15) is 12.6 Å². The van der Waals surface area contributed by atoms with Crippen molar-refractivity contribution in [1.29, 1.82) is 0 Å². The standard InChI is InChI=1S/C17H14ClN3O2S2/c1-12(22)21(15-6-4-5-13(18)9-15)17-19-14(11-25-17)10-24-16-7-2-3-8-20(16)23/h2-9,11H,10H2,1H3. The second-order valence-electron chi connectivity index (χ2n) is 5.11. The minimum Gasteiger partial charge on any atom is -0.618 e. The van der Waals surface area contributed by atoms with E-state index in [1.165, 1.54) is 41.1 Å². The number of halogens is 1. The number of anilines is 2. The maximum absolute atomic E-state index is 12.1. The Balaban J connectivity index is 1.79. The van der Waals surface area contributed by atoms with Crippen LogP contribution >= 0.6 is 34.7 Å². The van der Waals surface area contributed by atoms with Crippen LogP contribution in [0, 0.1) is 5.21 Å². The molecule has 0 atom stereocenters. The van der Waals surface area contributed by atoms with Gasteiger partial charge in [-0.15, -0.1) is 11.3 Å². The van der Waals surface area contributed by atoms with Crippen LogP contribution in [-0.4, -0.2) is 10.9 Å². The number of pyridine rings is 1. The predicted molar refractivity (Wildman–Crippen MR) is 101 cm³/mol. The number of benzene rings is 1. The smallest absolute Gasteiger partial charge is 0.251 e. The van der Waals surface area contributed by atoms with Gasteiger partial charge in [-0.2, -0.15) is 4.73 Å². The molecule has 25 heavy (non-hydrogen) atoms. The van der Waals surface area contributed by atoms with Crippen molar-refractivity contribution in [3.63, 3.8) is 0 Å². The van der Waals surface area contributed by atoms with Crippen molar-refractivity contribution in [3.05, 3.63) is 70.0 Å². The Morgan fingerprint density at radius 2 is 2.20 bits per heavy atom. The minimum atomic E-state index is -0.142. The van der Waals surface area contributed by atoms with Crippen molar-refractivity contribution in [2.24, 2.45) is 0 Å². The molecule has 3 rings (SSSR count). The molecule has 0 radical (unpaired) electrons. The van der Waals surface area contributed by atoms with E-state index in [1.54, 1.807) is 30.3 Å². The fourth-order valence-electron chi connectivity index (χ4n) is 2.18. The van der Waals surface area contributed by atoms with E-state index >= 15 is 0 Å². The van der Waals surface area contributed by atoms with Gasteiger partial charge in [0.05, 0.1) is 11.4 Å². The van der Waals surface area contributed by atoms with Gasteiger partial charge in [0, 0.05) is 35.2 Å². The zero-order chi connectivity index (χ0) is 17.8. The molecule has 0 saturated carbocycles. The van der Waals surface area contributed by atoms with E-state index < -0.39 is 0 Å².